The van der Waals surface area contributed by atoms with Gasteiger partial charge in [0.05, 0.1) is 12.7 Å². The molecule has 1 amide bonds. The second kappa shape index (κ2) is 8.67. The van der Waals surface area contributed by atoms with Crippen LogP contribution in [0.25, 0.3) is 0 Å². The average molecular weight is 339 g/mol. The lowest BCUT2D eigenvalue weighted by molar-refractivity contribution is -0.119. The molecule has 0 radical (unpaired) electrons. The Kier molecular flexibility index (Phi) is 6.88. The fourth-order valence-corrected chi connectivity index (χ4v) is 3.45. The molecule has 0 aromatic heterocycles. The minimum Gasteiger partial charge on any atom is -0.374 e. The molecule has 0 saturated heterocycles. The molecule has 0 aliphatic heterocycles. The molecule has 2 saturated carbocycles. The van der Waals surface area contributed by atoms with Crippen LogP contribution < -0.4 is 11.1 Å². The van der Waals surface area contributed by atoms with Crippen molar-refractivity contribution in [3.63, 3.8) is 0 Å². The summed E-state index contributed by atoms with van der Waals surface area (Å²) in [5.74, 6) is 0.170. The summed E-state index contributed by atoms with van der Waals surface area (Å²) in [5.41, 5.74) is 7.88. The number of carbonyl (C=O) groups is 1. The van der Waals surface area contributed by atoms with Gasteiger partial charge >= 0.3 is 0 Å². The molecule has 2 aliphatic rings. The molecular formula is C18H27ClN2O2. The van der Waals surface area contributed by atoms with Crippen molar-refractivity contribution in [3.8, 4) is 0 Å². The van der Waals surface area contributed by atoms with E-state index in [1.54, 1.807) is 0 Å². The van der Waals surface area contributed by atoms with Crippen LogP contribution in [0.3, 0.4) is 0 Å². The number of rotatable bonds is 5. The monoisotopic (exact) mass is 338 g/mol. The van der Waals surface area contributed by atoms with Gasteiger partial charge < -0.3 is 15.8 Å². The normalized spacial score (nSPS) is 24.4. The zero-order chi connectivity index (χ0) is 15.4. The Labute approximate surface area is 144 Å². The number of nitrogens with one attached hydrogen (secondary N) is 1. The van der Waals surface area contributed by atoms with Crippen molar-refractivity contribution in [3.05, 3.63) is 29.8 Å². The van der Waals surface area contributed by atoms with E-state index in [0.29, 0.717) is 12.7 Å². The van der Waals surface area contributed by atoms with E-state index in [2.05, 4.69) is 5.32 Å². The van der Waals surface area contributed by atoms with Crippen LogP contribution >= 0.6 is 12.4 Å². The smallest absolute Gasteiger partial charge is 0.227 e. The molecule has 5 heteroatoms. The Morgan fingerprint density at radius 2 is 1.83 bits per heavy atom. The predicted octanol–water partition coefficient (Wildman–Crippen LogP) is 3.63. The lowest BCUT2D eigenvalue weighted by Crippen LogP contribution is -2.23. The summed E-state index contributed by atoms with van der Waals surface area (Å²) in [6.45, 7) is 0.663. The van der Waals surface area contributed by atoms with Gasteiger partial charge in [-0.15, -0.1) is 12.4 Å². The largest absolute Gasteiger partial charge is 0.374 e. The Bertz CT molecular complexity index is 500. The van der Waals surface area contributed by atoms with Gasteiger partial charge in [-0.2, -0.15) is 0 Å². The Morgan fingerprint density at radius 1 is 1.13 bits per heavy atom. The van der Waals surface area contributed by atoms with Crippen LogP contribution in [-0.4, -0.2) is 18.1 Å². The van der Waals surface area contributed by atoms with E-state index in [0.717, 1.165) is 30.5 Å². The van der Waals surface area contributed by atoms with Gasteiger partial charge in [-0.1, -0.05) is 25.0 Å². The van der Waals surface area contributed by atoms with Crippen LogP contribution in [0.15, 0.2) is 24.3 Å². The molecule has 2 aliphatic carbocycles. The number of nitrogens with two attached hydrogens (primary N) is 1. The Morgan fingerprint density at radius 3 is 2.43 bits per heavy atom. The predicted molar refractivity (Wildman–Crippen MR) is 94.7 cm³/mol. The summed E-state index contributed by atoms with van der Waals surface area (Å²) in [5, 5.41) is 2.99. The van der Waals surface area contributed by atoms with Crippen molar-refractivity contribution >= 4 is 24.0 Å². The van der Waals surface area contributed by atoms with E-state index in [9.17, 15) is 4.79 Å². The topological polar surface area (TPSA) is 64.4 Å². The van der Waals surface area contributed by atoms with Gasteiger partial charge in [0.2, 0.25) is 5.91 Å². The van der Waals surface area contributed by atoms with Crippen molar-refractivity contribution in [2.75, 3.05) is 5.32 Å². The van der Waals surface area contributed by atoms with E-state index in [4.69, 9.17) is 10.5 Å². The van der Waals surface area contributed by atoms with Gasteiger partial charge in [-0.3, -0.25) is 4.79 Å². The lowest BCUT2D eigenvalue weighted by atomic mass is 10.1. The SMILES string of the molecule is Cl.NC1CCC(C(=O)Nc2ccc(COC3CCCC3)cc2)C1. The van der Waals surface area contributed by atoms with Gasteiger partial charge in [0.25, 0.3) is 0 Å². The highest BCUT2D eigenvalue weighted by molar-refractivity contribution is 5.92. The minimum absolute atomic E-state index is 0. The number of ether oxygens (including phenoxy) is 1. The summed E-state index contributed by atoms with van der Waals surface area (Å²) < 4.78 is 5.90. The van der Waals surface area contributed by atoms with Gasteiger partial charge in [0.1, 0.15) is 0 Å². The Balaban J connectivity index is 0.00000192. The first-order valence-electron chi connectivity index (χ1n) is 8.47. The second-order valence-electron chi connectivity index (χ2n) is 6.67. The highest BCUT2D eigenvalue weighted by Gasteiger charge is 2.27. The summed E-state index contributed by atoms with van der Waals surface area (Å²) in [6.07, 6.45) is 8.07. The first-order valence-corrected chi connectivity index (χ1v) is 8.47. The fraction of sp³-hybridized carbons (Fsp3) is 0.611. The first kappa shape index (κ1) is 18.2. The molecule has 2 fully saturated rings. The number of benzene rings is 1. The summed E-state index contributed by atoms with van der Waals surface area (Å²) in [7, 11) is 0. The third-order valence-electron chi connectivity index (χ3n) is 4.85. The standard InChI is InChI=1S/C18H26N2O2.ClH/c19-15-8-7-14(11-15)18(21)20-16-9-5-13(6-10-16)12-22-17-3-1-2-4-17;/h5-6,9-10,14-15,17H,1-4,7-8,11-12,19H2,(H,20,21);1H. The zero-order valence-corrected chi connectivity index (χ0v) is 14.3. The molecule has 3 N–H and O–H groups in total. The number of hydrogen-bond acceptors (Lipinski definition) is 3. The van der Waals surface area contributed by atoms with Crippen LogP contribution in [0.4, 0.5) is 5.69 Å². The molecule has 128 valence electrons. The van der Waals surface area contributed by atoms with E-state index >= 15 is 0 Å². The van der Waals surface area contributed by atoms with Crippen LogP contribution in [0.1, 0.15) is 50.5 Å². The number of halogens is 1. The van der Waals surface area contributed by atoms with Gasteiger partial charge in [0, 0.05) is 17.6 Å². The Hall–Kier alpha value is -1.10. The summed E-state index contributed by atoms with van der Waals surface area (Å²) >= 11 is 0. The van der Waals surface area contributed by atoms with Crippen molar-refractivity contribution in [2.45, 2.75) is 63.7 Å². The molecule has 3 rings (SSSR count). The molecular weight excluding hydrogens is 312 g/mol. The van der Waals surface area contributed by atoms with Gasteiger partial charge in [0.15, 0.2) is 0 Å². The minimum atomic E-state index is 0. The molecule has 0 bridgehead atoms. The molecule has 0 spiro atoms. The first-order chi connectivity index (χ1) is 10.7. The molecule has 4 nitrogen and oxygen atoms in total. The van der Waals surface area contributed by atoms with Crippen molar-refractivity contribution < 1.29 is 9.53 Å². The second-order valence-corrected chi connectivity index (χ2v) is 6.67. The average Bonchev–Trinajstić information content (AvgIpc) is 3.18. The lowest BCUT2D eigenvalue weighted by Gasteiger charge is -2.13. The van der Waals surface area contributed by atoms with Gasteiger partial charge in [-0.25, -0.2) is 0 Å². The summed E-state index contributed by atoms with van der Waals surface area (Å²) in [4.78, 5) is 12.2. The van der Waals surface area contributed by atoms with Gasteiger partial charge in [-0.05, 0) is 49.8 Å². The van der Waals surface area contributed by atoms with Crippen molar-refractivity contribution in [2.24, 2.45) is 11.7 Å². The molecule has 1 aromatic rings. The highest BCUT2D eigenvalue weighted by atomic mass is 35.5. The maximum Gasteiger partial charge on any atom is 0.227 e. The molecule has 2 unspecified atom stereocenters. The third-order valence-corrected chi connectivity index (χ3v) is 4.85. The van der Waals surface area contributed by atoms with E-state index in [1.165, 1.54) is 25.7 Å². The van der Waals surface area contributed by atoms with Crippen molar-refractivity contribution in [1.29, 1.82) is 0 Å². The number of hydrogen-bond donors (Lipinski definition) is 2. The number of amides is 1. The quantitative estimate of drug-likeness (QED) is 0.861. The van der Waals surface area contributed by atoms with E-state index in [1.807, 2.05) is 24.3 Å². The van der Waals surface area contributed by atoms with E-state index < -0.39 is 0 Å². The molecule has 1 aromatic carbocycles. The molecule has 23 heavy (non-hydrogen) atoms. The van der Waals surface area contributed by atoms with Crippen LogP contribution in [0, 0.1) is 5.92 Å². The van der Waals surface area contributed by atoms with Crippen molar-refractivity contribution in [1.82, 2.24) is 0 Å². The maximum atomic E-state index is 12.2. The molecule has 2 atom stereocenters. The van der Waals surface area contributed by atoms with Crippen LogP contribution in [-0.2, 0) is 16.1 Å². The number of anilines is 1. The van der Waals surface area contributed by atoms with E-state index in [-0.39, 0.29) is 30.3 Å². The number of carbonyl (C=O) groups excluding carboxylic acids is 1. The molecule has 0 heterocycles. The maximum absolute atomic E-state index is 12.2. The fourth-order valence-electron chi connectivity index (χ4n) is 3.45. The third kappa shape index (κ3) is 5.20. The zero-order valence-electron chi connectivity index (χ0n) is 13.5. The highest BCUT2D eigenvalue weighted by Crippen LogP contribution is 2.26. The van der Waals surface area contributed by atoms with Crippen LogP contribution in [0.2, 0.25) is 0 Å². The summed E-state index contributed by atoms with van der Waals surface area (Å²) in [6, 6.07) is 8.17. The van der Waals surface area contributed by atoms with Crippen LogP contribution in [0.5, 0.6) is 0 Å².